The van der Waals surface area contributed by atoms with Crippen LogP contribution in [-0.2, 0) is 4.84 Å². The van der Waals surface area contributed by atoms with E-state index in [-0.39, 0.29) is 0 Å². The molecule has 0 amide bonds. The summed E-state index contributed by atoms with van der Waals surface area (Å²) in [6.45, 7) is 11.9. The Labute approximate surface area is 70.5 Å². The molecule has 0 saturated carbocycles. The molecule has 0 aromatic carbocycles. The minimum Gasteiger partial charge on any atom is -0.303 e. The van der Waals surface area contributed by atoms with E-state index >= 15 is 0 Å². The Balaban J connectivity index is 0. The Morgan fingerprint density at radius 3 is 1.91 bits per heavy atom. The smallest absolute Gasteiger partial charge is 0.0806 e. The first-order valence-corrected chi connectivity index (χ1v) is 4.39. The maximum atomic E-state index is 4.86. The van der Waals surface area contributed by atoms with E-state index in [1.807, 2.05) is 13.8 Å². The topological polar surface area (TPSA) is 38.5 Å². The summed E-state index contributed by atoms with van der Waals surface area (Å²) in [5, 5.41) is 0. The summed E-state index contributed by atoms with van der Waals surface area (Å²) >= 11 is 0. The van der Waals surface area contributed by atoms with Crippen molar-refractivity contribution in [2.45, 2.75) is 27.7 Å². The van der Waals surface area contributed by atoms with Crippen LogP contribution in [0.3, 0.4) is 0 Å². The minimum atomic E-state index is 0.627. The van der Waals surface area contributed by atoms with Crippen LogP contribution in [0.4, 0.5) is 0 Å². The predicted octanol–water partition coefficient (Wildman–Crippen LogP) is 1.24. The van der Waals surface area contributed by atoms with E-state index in [0.29, 0.717) is 6.61 Å². The van der Waals surface area contributed by atoms with Gasteiger partial charge in [-0.1, -0.05) is 27.7 Å². The zero-order valence-electron chi connectivity index (χ0n) is 8.26. The molecule has 3 heteroatoms. The fourth-order valence-corrected chi connectivity index (χ4v) is 0.722. The zero-order chi connectivity index (χ0) is 9.11. The molecule has 0 radical (unpaired) electrons. The van der Waals surface area contributed by atoms with Gasteiger partial charge in [-0.15, -0.1) is 0 Å². The predicted molar refractivity (Wildman–Crippen MR) is 49.3 cm³/mol. The van der Waals surface area contributed by atoms with Gasteiger partial charge < -0.3 is 9.74 Å². The van der Waals surface area contributed by atoms with Gasteiger partial charge in [0.1, 0.15) is 0 Å². The van der Waals surface area contributed by atoms with Gasteiger partial charge in [-0.05, 0) is 13.1 Å². The molecule has 0 atom stereocenters. The Hall–Kier alpha value is -0.120. The number of hydrogen-bond acceptors (Lipinski definition) is 3. The lowest BCUT2D eigenvalue weighted by Gasteiger charge is -2.16. The van der Waals surface area contributed by atoms with Gasteiger partial charge in [-0.2, -0.15) is 0 Å². The quantitative estimate of drug-likeness (QED) is 0.618. The number of nitrogens with two attached hydrogens (primary N) is 1. The molecule has 0 saturated heterocycles. The van der Waals surface area contributed by atoms with Gasteiger partial charge in [0.25, 0.3) is 0 Å². The van der Waals surface area contributed by atoms with E-state index < -0.39 is 0 Å². The second-order valence-corrected chi connectivity index (χ2v) is 1.90. The van der Waals surface area contributed by atoms with Gasteiger partial charge in [0, 0.05) is 6.54 Å². The molecule has 0 aliphatic heterocycles. The fraction of sp³-hybridized carbons (Fsp3) is 1.00. The first-order valence-electron chi connectivity index (χ1n) is 4.39. The van der Waals surface area contributed by atoms with E-state index in [1.54, 1.807) is 0 Å². The first kappa shape index (κ1) is 13.5. The SMILES string of the molecule is CC.CCN(CC)CCON. The van der Waals surface area contributed by atoms with Crippen LogP contribution < -0.4 is 5.90 Å². The lowest BCUT2D eigenvalue weighted by molar-refractivity contribution is 0.109. The van der Waals surface area contributed by atoms with Gasteiger partial charge >= 0.3 is 0 Å². The van der Waals surface area contributed by atoms with Crippen molar-refractivity contribution in [1.29, 1.82) is 0 Å². The summed E-state index contributed by atoms with van der Waals surface area (Å²) < 4.78 is 0. The summed E-state index contributed by atoms with van der Waals surface area (Å²) in [6.07, 6.45) is 0. The Bertz CT molecular complexity index is 56.1. The molecule has 0 unspecified atom stereocenters. The average Bonchev–Trinajstić information content (AvgIpc) is 2.10. The number of rotatable bonds is 5. The molecule has 70 valence electrons. The van der Waals surface area contributed by atoms with Crippen molar-refractivity contribution >= 4 is 0 Å². The Kier molecular flexibility index (Phi) is 15.4. The highest BCUT2D eigenvalue weighted by Crippen LogP contribution is 1.84. The molecule has 0 aliphatic rings. The molecule has 0 spiro atoms. The molecule has 0 aromatic rings. The van der Waals surface area contributed by atoms with Crippen LogP contribution in [-0.4, -0.2) is 31.1 Å². The molecule has 0 fully saturated rings. The third-order valence-electron chi connectivity index (χ3n) is 1.42. The summed E-state index contributed by atoms with van der Waals surface area (Å²) in [4.78, 5) is 6.69. The van der Waals surface area contributed by atoms with Crippen molar-refractivity contribution < 1.29 is 4.84 Å². The van der Waals surface area contributed by atoms with Crippen molar-refractivity contribution in [3.63, 3.8) is 0 Å². The molecular formula is C8H22N2O. The largest absolute Gasteiger partial charge is 0.303 e. The van der Waals surface area contributed by atoms with E-state index in [0.717, 1.165) is 19.6 Å². The standard InChI is InChI=1S/C6H16N2O.C2H6/c1-3-8(4-2)5-6-9-7;1-2/h3-7H2,1-2H3;1-2H3. The van der Waals surface area contributed by atoms with Crippen LogP contribution in [0.25, 0.3) is 0 Å². The Morgan fingerprint density at radius 1 is 1.18 bits per heavy atom. The van der Waals surface area contributed by atoms with Gasteiger partial charge in [-0.25, -0.2) is 5.90 Å². The Morgan fingerprint density at radius 2 is 1.64 bits per heavy atom. The molecule has 2 N–H and O–H groups in total. The van der Waals surface area contributed by atoms with Crippen LogP contribution in [0.5, 0.6) is 0 Å². The number of hydrogen-bond donors (Lipinski definition) is 1. The van der Waals surface area contributed by atoms with E-state index in [2.05, 4.69) is 23.6 Å². The zero-order valence-corrected chi connectivity index (χ0v) is 8.26. The lowest BCUT2D eigenvalue weighted by Crippen LogP contribution is -2.27. The van der Waals surface area contributed by atoms with Gasteiger partial charge in [0.2, 0.25) is 0 Å². The van der Waals surface area contributed by atoms with Crippen molar-refractivity contribution in [2.24, 2.45) is 5.90 Å². The number of likely N-dealkylation sites (N-methyl/N-ethyl adjacent to an activating group) is 1. The second-order valence-electron chi connectivity index (χ2n) is 1.90. The monoisotopic (exact) mass is 162 g/mol. The van der Waals surface area contributed by atoms with Crippen LogP contribution in [0.15, 0.2) is 0 Å². The average molecular weight is 162 g/mol. The lowest BCUT2D eigenvalue weighted by atomic mass is 10.5. The summed E-state index contributed by atoms with van der Waals surface area (Å²) in [7, 11) is 0. The van der Waals surface area contributed by atoms with E-state index in [4.69, 9.17) is 5.90 Å². The molecule has 11 heavy (non-hydrogen) atoms. The third-order valence-corrected chi connectivity index (χ3v) is 1.42. The van der Waals surface area contributed by atoms with Crippen molar-refractivity contribution in [3.05, 3.63) is 0 Å². The minimum absolute atomic E-state index is 0.627. The fourth-order valence-electron chi connectivity index (χ4n) is 0.722. The van der Waals surface area contributed by atoms with Crippen molar-refractivity contribution in [3.8, 4) is 0 Å². The summed E-state index contributed by atoms with van der Waals surface area (Å²) in [5.74, 6) is 4.86. The van der Waals surface area contributed by atoms with Crippen LogP contribution in [0.2, 0.25) is 0 Å². The van der Waals surface area contributed by atoms with E-state index in [9.17, 15) is 0 Å². The highest BCUT2D eigenvalue weighted by atomic mass is 16.6. The second kappa shape index (κ2) is 12.5. The number of nitrogens with zero attached hydrogens (tertiary/aromatic N) is 1. The highest BCUT2D eigenvalue weighted by Gasteiger charge is 1.95. The normalized spacial score (nSPS) is 9.27. The van der Waals surface area contributed by atoms with Gasteiger partial charge in [0.05, 0.1) is 6.61 Å². The maximum Gasteiger partial charge on any atom is 0.0806 e. The third kappa shape index (κ3) is 9.88. The summed E-state index contributed by atoms with van der Waals surface area (Å²) in [6, 6.07) is 0. The van der Waals surface area contributed by atoms with Crippen LogP contribution in [0.1, 0.15) is 27.7 Å². The summed E-state index contributed by atoms with van der Waals surface area (Å²) in [5.41, 5.74) is 0. The van der Waals surface area contributed by atoms with Crippen LogP contribution >= 0.6 is 0 Å². The van der Waals surface area contributed by atoms with E-state index in [1.165, 1.54) is 0 Å². The van der Waals surface area contributed by atoms with Gasteiger partial charge in [0.15, 0.2) is 0 Å². The van der Waals surface area contributed by atoms with Crippen molar-refractivity contribution in [2.75, 3.05) is 26.2 Å². The molecule has 0 rings (SSSR count). The molecular weight excluding hydrogens is 140 g/mol. The van der Waals surface area contributed by atoms with Gasteiger partial charge in [-0.3, -0.25) is 0 Å². The molecule has 0 heterocycles. The highest BCUT2D eigenvalue weighted by molar-refractivity contribution is 4.48. The van der Waals surface area contributed by atoms with Crippen LogP contribution in [0, 0.1) is 0 Å². The molecule has 0 aliphatic carbocycles. The first-order chi connectivity index (χ1) is 5.35. The molecule has 0 aromatic heterocycles. The molecule has 3 nitrogen and oxygen atoms in total. The maximum absolute atomic E-state index is 4.86. The van der Waals surface area contributed by atoms with Crippen molar-refractivity contribution in [1.82, 2.24) is 4.90 Å². The molecule has 0 bridgehead atoms.